The summed E-state index contributed by atoms with van der Waals surface area (Å²) in [5.74, 6) is 1.15. The van der Waals surface area contributed by atoms with Gasteiger partial charge >= 0.3 is 0 Å². The highest BCUT2D eigenvalue weighted by Crippen LogP contribution is 2.15. The highest BCUT2D eigenvalue weighted by atomic mass is 16.3. The fourth-order valence-electron chi connectivity index (χ4n) is 1.50. The van der Waals surface area contributed by atoms with Gasteiger partial charge in [-0.2, -0.15) is 0 Å². The van der Waals surface area contributed by atoms with E-state index < -0.39 is 0 Å². The van der Waals surface area contributed by atoms with E-state index in [1.165, 1.54) is 0 Å². The Kier molecular flexibility index (Phi) is 4.75. The molecule has 0 fully saturated rings. The first-order chi connectivity index (χ1) is 7.98. The Labute approximate surface area is 103 Å². The predicted molar refractivity (Wildman–Crippen MR) is 67.5 cm³/mol. The molecule has 1 heterocycles. The zero-order chi connectivity index (χ0) is 12.9. The Morgan fingerprint density at radius 1 is 1.59 bits per heavy atom. The fraction of sp³-hybridized carbons (Fsp3) is 0.615. The van der Waals surface area contributed by atoms with Gasteiger partial charge in [0.25, 0.3) is 0 Å². The third-order valence-corrected chi connectivity index (χ3v) is 3.30. The zero-order valence-electron chi connectivity index (χ0n) is 10.8. The number of nitrogens with one attached hydrogen (secondary N) is 1. The number of carbonyl (C=O) groups excluding carboxylic acids is 1. The first-order valence-corrected chi connectivity index (χ1v) is 6.01. The molecule has 0 aromatic carbocycles. The Hall–Kier alpha value is -1.29. The van der Waals surface area contributed by atoms with Crippen molar-refractivity contribution in [3.63, 3.8) is 0 Å². The van der Waals surface area contributed by atoms with E-state index in [2.05, 4.69) is 19.2 Å². The summed E-state index contributed by atoms with van der Waals surface area (Å²) in [4.78, 5) is 11.8. The van der Waals surface area contributed by atoms with E-state index in [9.17, 15) is 4.79 Å². The van der Waals surface area contributed by atoms with Crippen LogP contribution in [0, 0.1) is 5.92 Å². The molecule has 1 rings (SSSR count). The summed E-state index contributed by atoms with van der Waals surface area (Å²) < 4.78 is 5.18. The molecule has 0 saturated carbocycles. The van der Waals surface area contributed by atoms with Gasteiger partial charge in [-0.25, -0.2) is 0 Å². The van der Waals surface area contributed by atoms with Gasteiger partial charge in [0.1, 0.15) is 5.76 Å². The standard InChI is InChI=1S/C13H22N2O2/c1-10(2)13(3,9-14)15-12(16)7-6-11-5-4-8-17-11/h4-5,8,10H,6-7,9,14H2,1-3H3,(H,15,16). The lowest BCUT2D eigenvalue weighted by molar-refractivity contribution is -0.123. The summed E-state index contributed by atoms with van der Waals surface area (Å²) in [6.45, 7) is 6.53. The Bertz CT molecular complexity index is 346. The number of carbonyl (C=O) groups is 1. The van der Waals surface area contributed by atoms with Crippen molar-refractivity contribution in [3.05, 3.63) is 24.2 Å². The first-order valence-electron chi connectivity index (χ1n) is 6.01. The lowest BCUT2D eigenvalue weighted by atomic mass is 9.88. The summed E-state index contributed by atoms with van der Waals surface area (Å²) >= 11 is 0. The number of furan rings is 1. The SMILES string of the molecule is CC(C)C(C)(CN)NC(=O)CCc1ccco1. The van der Waals surface area contributed by atoms with Gasteiger partial charge in [-0.05, 0) is 25.0 Å². The molecule has 3 N–H and O–H groups in total. The van der Waals surface area contributed by atoms with E-state index in [1.54, 1.807) is 6.26 Å². The maximum atomic E-state index is 11.8. The van der Waals surface area contributed by atoms with Crippen LogP contribution in [0.5, 0.6) is 0 Å². The third-order valence-electron chi connectivity index (χ3n) is 3.30. The van der Waals surface area contributed by atoms with Crippen LogP contribution in [0.25, 0.3) is 0 Å². The van der Waals surface area contributed by atoms with Gasteiger partial charge < -0.3 is 15.5 Å². The number of hydrogen-bond donors (Lipinski definition) is 2. The molecule has 0 aliphatic carbocycles. The quantitative estimate of drug-likeness (QED) is 0.792. The molecule has 0 saturated heterocycles. The molecule has 1 unspecified atom stereocenters. The Morgan fingerprint density at radius 3 is 2.76 bits per heavy atom. The van der Waals surface area contributed by atoms with Gasteiger partial charge in [0.05, 0.1) is 11.8 Å². The van der Waals surface area contributed by atoms with Gasteiger partial charge in [-0.3, -0.25) is 4.79 Å². The molecule has 1 amide bonds. The average molecular weight is 238 g/mol. The van der Waals surface area contributed by atoms with Crippen LogP contribution >= 0.6 is 0 Å². The van der Waals surface area contributed by atoms with Crippen LogP contribution in [0.2, 0.25) is 0 Å². The minimum atomic E-state index is -0.333. The van der Waals surface area contributed by atoms with Crippen molar-refractivity contribution in [2.45, 2.75) is 39.2 Å². The highest BCUT2D eigenvalue weighted by Gasteiger charge is 2.28. The van der Waals surface area contributed by atoms with Crippen molar-refractivity contribution in [2.24, 2.45) is 11.7 Å². The van der Waals surface area contributed by atoms with E-state index in [0.717, 1.165) is 5.76 Å². The molecule has 0 aliphatic rings. The summed E-state index contributed by atoms with van der Waals surface area (Å²) in [5.41, 5.74) is 5.38. The Morgan fingerprint density at radius 2 is 2.29 bits per heavy atom. The first kappa shape index (κ1) is 13.8. The second kappa shape index (κ2) is 5.87. The van der Waals surface area contributed by atoms with Crippen molar-refractivity contribution >= 4 is 5.91 Å². The molecular formula is C13H22N2O2. The molecule has 0 aliphatic heterocycles. The van der Waals surface area contributed by atoms with E-state index in [0.29, 0.717) is 25.3 Å². The van der Waals surface area contributed by atoms with Crippen LogP contribution in [0.15, 0.2) is 22.8 Å². The van der Waals surface area contributed by atoms with Gasteiger partial charge in [0.15, 0.2) is 0 Å². The van der Waals surface area contributed by atoms with E-state index in [-0.39, 0.29) is 11.4 Å². The van der Waals surface area contributed by atoms with E-state index in [4.69, 9.17) is 10.2 Å². The van der Waals surface area contributed by atoms with Crippen molar-refractivity contribution in [3.8, 4) is 0 Å². The van der Waals surface area contributed by atoms with Crippen LogP contribution < -0.4 is 11.1 Å². The molecular weight excluding hydrogens is 216 g/mol. The monoisotopic (exact) mass is 238 g/mol. The number of hydrogen-bond acceptors (Lipinski definition) is 3. The molecule has 96 valence electrons. The minimum absolute atomic E-state index is 0.0167. The summed E-state index contributed by atoms with van der Waals surface area (Å²) in [6.07, 6.45) is 2.67. The number of nitrogens with two attached hydrogens (primary N) is 1. The van der Waals surface area contributed by atoms with Crippen LogP contribution in [0.1, 0.15) is 33.0 Å². The minimum Gasteiger partial charge on any atom is -0.469 e. The fourth-order valence-corrected chi connectivity index (χ4v) is 1.50. The smallest absolute Gasteiger partial charge is 0.220 e. The average Bonchev–Trinajstić information content (AvgIpc) is 2.78. The molecule has 0 spiro atoms. The van der Waals surface area contributed by atoms with Gasteiger partial charge in [0.2, 0.25) is 5.91 Å². The van der Waals surface area contributed by atoms with Gasteiger partial charge in [-0.15, -0.1) is 0 Å². The second-order valence-corrected chi connectivity index (χ2v) is 4.90. The molecule has 1 atom stereocenters. The van der Waals surface area contributed by atoms with E-state index in [1.807, 2.05) is 19.1 Å². The molecule has 4 nitrogen and oxygen atoms in total. The summed E-state index contributed by atoms with van der Waals surface area (Å²) in [5, 5.41) is 3.00. The summed E-state index contributed by atoms with van der Waals surface area (Å²) in [6, 6.07) is 3.70. The Balaban J connectivity index is 2.43. The molecule has 4 heteroatoms. The van der Waals surface area contributed by atoms with Gasteiger partial charge in [-0.1, -0.05) is 13.8 Å². The normalized spacial score (nSPS) is 14.6. The number of amides is 1. The maximum absolute atomic E-state index is 11.8. The van der Waals surface area contributed by atoms with E-state index >= 15 is 0 Å². The molecule has 17 heavy (non-hydrogen) atoms. The van der Waals surface area contributed by atoms with Crippen LogP contribution in [-0.4, -0.2) is 18.0 Å². The zero-order valence-corrected chi connectivity index (χ0v) is 10.8. The van der Waals surface area contributed by atoms with Crippen LogP contribution in [0.4, 0.5) is 0 Å². The molecule has 0 radical (unpaired) electrons. The largest absolute Gasteiger partial charge is 0.469 e. The summed E-state index contributed by atoms with van der Waals surface area (Å²) in [7, 11) is 0. The molecule has 0 bridgehead atoms. The van der Waals surface area contributed by atoms with Crippen molar-refractivity contribution in [1.29, 1.82) is 0 Å². The van der Waals surface area contributed by atoms with Gasteiger partial charge in [0, 0.05) is 19.4 Å². The number of aryl methyl sites for hydroxylation is 1. The lowest BCUT2D eigenvalue weighted by Gasteiger charge is -2.33. The van der Waals surface area contributed by atoms with Crippen molar-refractivity contribution in [1.82, 2.24) is 5.32 Å². The second-order valence-electron chi connectivity index (χ2n) is 4.90. The molecule has 1 aromatic rings. The van der Waals surface area contributed by atoms with Crippen LogP contribution in [0.3, 0.4) is 0 Å². The molecule has 1 aromatic heterocycles. The highest BCUT2D eigenvalue weighted by molar-refractivity contribution is 5.77. The van der Waals surface area contributed by atoms with Crippen molar-refractivity contribution < 1.29 is 9.21 Å². The topological polar surface area (TPSA) is 68.3 Å². The van der Waals surface area contributed by atoms with Crippen molar-refractivity contribution in [2.75, 3.05) is 6.54 Å². The maximum Gasteiger partial charge on any atom is 0.220 e. The predicted octanol–water partition coefficient (Wildman–Crippen LogP) is 1.70. The lowest BCUT2D eigenvalue weighted by Crippen LogP contribution is -2.55. The third kappa shape index (κ3) is 3.89. The van der Waals surface area contributed by atoms with Crippen LogP contribution in [-0.2, 0) is 11.2 Å². The number of rotatable bonds is 6.